The van der Waals surface area contributed by atoms with E-state index in [0.717, 1.165) is 33.2 Å². The molecule has 0 aliphatic heterocycles. The molecule has 1 heterocycles. The van der Waals surface area contributed by atoms with Gasteiger partial charge in [0, 0.05) is 0 Å². The fraction of sp³-hybridized carbons (Fsp3) is 0.214. The van der Waals surface area contributed by atoms with Gasteiger partial charge in [0.2, 0.25) is 0 Å². The van der Waals surface area contributed by atoms with Crippen LogP contribution in [0.2, 0.25) is 5.02 Å². The molecule has 0 aliphatic rings. The molecule has 1 nitrogen and oxygen atoms in total. The minimum atomic E-state index is -5.42. The summed E-state index contributed by atoms with van der Waals surface area (Å²) in [5, 5.41) is 0.794. The van der Waals surface area contributed by atoms with E-state index in [-0.39, 0.29) is 0 Å². The van der Waals surface area contributed by atoms with Crippen molar-refractivity contribution in [3.8, 4) is 11.3 Å². The molecule has 0 saturated heterocycles. The van der Waals surface area contributed by atoms with Gasteiger partial charge in [0.25, 0.3) is 0 Å². The normalized spacial score (nSPS) is 14.3. The summed E-state index contributed by atoms with van der Waals surface area (Å²) < 4.78 is 5.82. The van der Waals surface area contributed by atoms with E-state index in [1.807, 2.05) is 51.1 Å². The third-order valence-electron chi connectivity index (χ3n) is 2.82. The van der Waals surface area contributed by atoms with Crippen molar-refractivity contribution in [3.05, 3.63) is 52.2 Å². The predicted octanol–water partition coefficient (Wildman–Crippen LogP) is 8.56. The van der Waals surface area contributed by atoms with Crippen LogP contribution >= 0.6 is 64.6 Å². The molecule has 0 saturated carbocycles. The van der Waals surface area contributed by atoms with Crippen LogP contribution in [0.4, 0.5) is 0 Å². The van der Waals surface area contributed by atoms with Crippen molar-refractivity contribution < 1.29 is 4.42 Å². The molecule has 0 unspecified atom stereocenters. The molecule has 9 heteroatoms. The standard InChI is InChI=1S/C14H14ClO.6ClH.Sb/c1-9-11(3)16-14(10(2)13(9)15)12-7-5-4-6-8-12;;;;;;;/h4-8H,1-3H3;6*1H;/q+1;;;;;;;+5/p-6. The van der Waals surface area contributed by atoms with Gasteiger partial charge in [-0.25, -0.2) is 4.42 Å². The Morgan fingerprint density at radius 1 is 0.783 bits per heavy atom. The Labute approximate surface area is 160 Å². The molecular formula is C14H14Cl7OSb. The van der Waals surface area contributed by atoms with Crippen LogP contribution in [0.25, 0.3) is 11.3 Å². The van der Waals surface area contributed by atoms with Gasteiger partial charge >= 0.3 is 73.6 Å². The van der Waals surface area contributed by atoms with Gasteiger partial charge < -0.3 is 0 Å². The van der Waals surface area contributed by atoms with E-state index in [0.29, 0.717) is 0 Å². The van der Waals surface area contributed by atoms with E-state index in [2.05, 4.69) is 0 Å². The third-order valence-corrected chi connectivity index (χ3v) is 3.39. The summed E-state index contributed by atoms with van der Waals surface area (Å²) >= 11 is 6.28. The van der Waals surface area contributed by atoms with Crippen LogP contribution in [0.15, 0.2) is 34.7 Å². The molecule has 23 heavy (non-hydrogen) atoms. The maximum atomic E-state index is 6.28. The van der Waals surface area contributed by atoms with Crippen molar-refractivity contribution in [1.29, 1.82) is 0 Å². The molecule has 0 fully saturated rings. The molecule has 0 amide bonds. The zero-order valence-corrected chi connectivity index (χ0v) is 20.2. The molecule has 0 N–H and O–H groups in total. The summed E-state index contributed by atoms with van der Waals surface area (Å²) in [6, 6.07) is 10.0. The summed E-state index contributed by atoms with van der Waals surface area (Å²) in [5.74, 6) is 1.73. The minimum absolute atomic E-state index is 0.794. The van der Waals surface area contributed by atoms with Crippen molar-refractivity contribution in [3.63, 3.8) is 0 Å². The second kappa shape index (κ2) is 7.09. The molecule has 0 aliphatic carbocycles. The van der Waals surface area contributed by atoms with Gasteiger partial charge in [-0.3, -0.25) is 0 Å². The first-order valence-electron chi connectivity index (χ1n) is 6.27. The Bertz CT molecular complexity index is 698. The average Bonchev–Trinajstić information content (AvgIpc) is 2.38. The zero-order chi connectivity index (χ0) is 18.1. The number of hydrogen-bond acceptors (Lipinski definition) is 0. The fourth-order valence-electron chi connectivity index (χ4n) is 1.71. The molecule has 0 atom stereocenters. The molecule has 0 bridgehead atoms. The van der Waals surface area contributed by atoms with Crippen LogP contribution < -0.4 is 0 Å². The second-order valence-electron chi connectivity index (χ2n) is 4.88. The van der Waals surface area contributed by atoms with Crippen molar-refractivity contribution in [2.45, 2.75) is 20.8 Å². The van der Waals surface area contributed by atoms with Gasteiger partial charge in [-0.1, -0.05) is 29.8 Å². The zero-order valence-electron chi connectivity index (χ0n) is 12.4. The first kappa shape index (κ1) is 22.3. The molecule has 2 aromatic rings. The molecule has 2 rings (SSSR count). The number of hydrogen-bond donors (Lipinski definition) is 0. The van der Waals surface area contributed by atoms with E-state index in [1.165, 1.54) is 0 Å². The monoisotopic (exact) mass is 564 g/mol. The van der Waals surface area contributed by atoms with Gasteiger partial charge in [0.1, 0.15) is 0 Å². The van der Waals surface area contributed by atoms with Crippen LogP contribution in [0.5, 0.6) is 0 Å². The quantitative estimate of drug-likeness (QED) is 0.248. The van der Waals surface area contributed by atoms with Gasteiger partial charge in [-0.2, -0.15) is 0 Å². The van der Waals surface area contributed by atoms with E-state index < -0.39 is 9.14 Å². The van der Waals surface area contributed by atoms with Crippen molar-refractivity contribution in [2.24, 2.45) is 0 Å². The number of rotatable bonds is 1. The topological polar surface area (TPSA) is 11.3 Å². The Hall–Kier alpha value is 1.22. The van der Waals surface area contributed by atoms with Gasteiger partial charge in [0.15, 0.2) is 0 Å². The third kappa shape index (κ3) is 9.47. The van der Waals surface area contributed by atoms with Gasteiger partial charge in [-0.15, -0.1) is 0 Å². The van der Waals surface area contributed by atoms with Gasteiger partial charge in [-0.05, 0) is 26.0 Å². The number of aryl methyl sites for hydroxylation is 1. The van der Waals surface area contributed by atoms with Crippen molar-refractivity contribution in [1.82, 2.24) is 0 Å². The van der Waals surface area contributed by atoms with Crippen LogP contribution in [-0.2, 0) is 0 Å². The Morgan fingerprint density at radius 3 is 1.65 bits per heavy atom. The van der Waals surface area contributed by atoms with Crippen LogP contribution in [0.1, 0.15) is 16.9 Å². The van der Waals surface area contributed by atoms with Crippen LogP contribution in [0.3, 0.4) is 0 Å². The fourth-order valence-corrected chi connectivity index (χ4v) is 1.93. The summed E-state index contributed by atoms with van der Waals surface area (Å²) in [6.45, 7) is 5.90. The number of halogens is 7. The maximum absolute atomic E-state index is 6.28. The molecule has 0 radical (unpaired) electrons. The van der Waals surface area contributed by atoms with E-state index in [9.17, 15) is 0 Å². The van der Waals surface area contributed by atoms with Gasteiger partial charge in [0.05, 0.1) is 28.6 Å². The summed E-state index contributed by atoms with van der Waals surface area (Å²) in [7, 11) is 25.0. The van der Waals surface area contributed by atoms with Crippen LogP contribution in [0, 0.1) is 20.8 Å². The first-order valence-corrected chi connectivity index (χ1v) is 26.0. The molecule has 1 aromatic carbocycles. The van der Waals surface area contributed by atoms with E-state index in [1.54, 1.807) is 0 Å². The van der Waals surface area contributed by atoms with Crippen molar-refractivity contribution in [2.75, 3.05) is 0 Å². The van der Waals surface area contributed by atoms with Crippen molar-refractivity contribution >= 4 is 73.7 Å². The van der Waals surface area contributed by atoms with E-state index in [4.69, 9.17) is 69.0 Å². The second-order valence-corrected chi connectivity index (χ2v) is 62.2. The molecule has 130 valence electrons. The summed E-state index contributed by atoms with van der Waals surface area (Å²) in [5.41, 5.74) is 3.07. The molecule has 1 aromatic heterocycles. The molecular weight excluding hydrogens is 554 g/mol. The Kier molecular flexibility index (Phi) is 6.86. The Balaban J connectivity index is 0.000000322. The average molecular weight is 568 g/mol. The Morgan fingerprint density at radius 2 is 1.22 bits per heavy atom. The van der Waals surface area contributed by atoms with E-state index >= 15 is 0 Å². The number of benzene rings is 1. The van der Waals surface area contributed by atoms with Crippen LogP contribution in [-0.4, -0.2) is 9.14 Å². The summed E-state index contributed by atoms with van der Waals surface area (Å²) in [4.78, 5) is 0. The predicted molar refractivity (Wildman–Crippen MR) is 109 cm³/mol. The summed E-state index contributed by atoms with van der Waals surface area (Å²) in [6.07, 6.45) is 0. The molecule has 0 spiro atoms. The SMILES string of the molecule is Cc1[o+]c(-c2ccccc2)c(C)c(Cl)c1C.[Cl][Sb-]([Cl])([Cl])([Cl])([Cl])[Cl]. The first-order chi connectivity index (χ1) is 10.1.